The zero-order valence-corrected chi connectivity index (χ0v) is 28.0. The molecular weight excluding hydrogens is 647 g/mol. The van der Waals surface area contributed by atoms with Crippen LogP contribution in [0.15, 0.2) is 48.4 Å². The molecule has 1 aromatic carbocycles. The van der Waals surface area contributed by atoms with E-state index in [0.717, 1.165) is 13.1 Å². The fraction of sp³-hybridized carbons (Fsp3) is 0.424. The normalized spacial score (nSPS) is 18.3. The number of ether oxygens (including phenoxy) is 3. The topological polar surface area (TPSA) is 128 Å². The fourth-order valence-electron chi connectivity index (χ4n) is 5.98. The van der Waals surface area contributed by atoms with Crippen molar-refractivity contribution in [3.05, 3.63) is 64.0 Å². The first-order valence-corrected chi connectivity index (χ1v) is 16.1. The highest BCUT2D eigenvalue weighted by atomic mass is 35.5. The molecule has 2 aliphatic heterocycles. The summed E-state index contributed by atoms with van der Waals surface area (Å²) in [6, 6.07) is 3.05. The number of benzene rings is 1. The molecule has 2 unspecified atom stereocenters. The van der Waals surface area contributed by atoms with E-state index in [9.17, 15) is 14.4 Å². The number of methoxy groups -OCH3 is 2. The standard InChI is InChI=1S/C33H38Cl2N6O6/c1-5-22(42)14-21-18-47-19-24(21)37-33-36-17-20-15-23(28-29(34)25(45-3)16-26(46-4)30(28)35)32(44)41(31(20)38-33)9-7-8-39-10-12-40(13-11-39)27(43)6-2/h5-6,15-17,21,24H,1-2,7-14,18-19H2,3-4H3,(H,36,37,38). The molecule has 0 bridgehead atoms. The van der Waals surface area contributed by atoms with Gasteiger partial charge in [0.2, 0.25) is 11.9 Å². The number of piperazine rings is 1. The van der Waals surface area contributed by atoms with E-state index in [2.05, 4.69) is 28.4 Å². The second-order valence-electron chi connectivity index (χ2n) is 11.4. The number of carbonyl (C=O) groups is 2. The molecule has 2 aromatic heterocycles. The molecule has 4 heterocycles. The lowest BCUT2D eigenvalue weighted by atomic mass is 9.97. The molecule has 2 fully saturated rings. The lowest BCUT2D eigenvalue weighted by Crippen LogP contribution is -2.48. The number of rotatable bonds is 13. The predicted octanol–water partition coefficient (Wildman–Crippen LogP) is 4.07. The summed E-state index contributed by atoms with van der Waals surface area (Å²) in [5, 5.41) is 4.25. The third kappa shape index (κ3) is 7.46. The summed E-state index contributed by atoms with van der Waals surface area (Å²) >= 11 is 13.5. The third-order valence-electron chi connectivity index (χ3n) is 8.59. The number of nitrogens with one attached hydrogen (secondary N) is 1. The summed E-state index contributed by atoms with van der Waals surface area (Å²) in [6.07, 6.45) is 5.21. The maximum absolute atomic E-state index is 14.3. The zero-order valence-electron chi connectivity index (χ0n) is 26.5. The number of halogens is 2. The van der Waals surface area contributed by atoms with Gasteiger partial charge in [0.15, 0.2) is 5.78 Å². The molecule has 0 saturated carbocycles. The van der Waals surface area contributed by atoms with E-state index in [1.54, 1.807) is 27.8 Å². The lowest BCUT2D eigenvalue weighted by Gasteiger charge is -2.34. The van der Waals surface area contributed by atoms with Gasteiger partial charge in [0, 0.05) is 68.3 Å². The van der Waals surface area contributed by atoms with Crippen LogP contribution in [0.1, 0.15) is 12.8 Å². The van der Waals surface area contributed by atoms with E-state index in [0.29, 0.717) is 80.7 Å². The van der Waals surface area contributed by atoms with Gasteiger partial charge in [-0.2, -0.15) is 4.98 Å². The third-order valence-corrected chi connectivity index (χ3v) is 9.34. The predicted molar refractivity (Wildman–Crippen MR) is 182 cm³/mol. The molecule has 1 amide bonds. The Kier molecular flexibility index (Phi) is 11.2. The number of aryl methyl sites for hydroxylation is 1. The van der Waals surface area contributed by atoms with E-state index in [4.69, 9.17) is 42.4 Å². The monoisotopic (exact) mass is 684 g/mol. The Balaban J connectivity index is 1.50. The van der Waals surface area contributed by atoms with Gasteiger partial charge in [0.1, 0.15) is 17.1 Å². The number of carbonyl (C=O) groups excluding carboxylic acids is 2. The molecule has 5 rings (SSSR count). The van der Waals surface area contributed by atoms with Gasteiger partial charge >= 0.3 is 0 Å². The van der Waals surface area contributed by atoms with Crippen molar-refractivity contribution in [2.24, 2.45) is 5.92 Å². The van der Waals surface area contributed by atoms with Crippen molar-refractivity contribution in [1.29, 1.82) is 0 Å². The van der Waals surface area contributed by atoms with E-state index in [1.807, 2.05) is 0 Å². The van der Waals surface area contributed by atoms with Crippen LogP contribution in [0, 0.1) is 5.92 Å². The number of fused-ring (bicyclic) bond motifs is 1. The van der Waals surface area contributed by atoms with E-state index >= 15 is 0 Å². The number of hydrogen-bond acceptors (Lipinski definition) is 10. The number of anilines is 1. The average Bonchev–Trinajstić information content (AvgIpc) is 3.52. The molecule has 250 valence electrons. The summed E-state index contributed by atoms with van der Waals surface area (Å²) in [5.41, 5.74) is 0.615. The van der Waals surface area contributed by atoms with Crippen molar-refractivity contribution >= 4 is 51.9 Å². The van der Waals surface area contributed by atoms with Crippen molar-refractivity contribution in [3.8, 4) is 22.6 Å². The largest absolute Gasteiger partial charge is 0.495 e. The molecule has 12 nitrogen and oxygen atoms in total. The van der Waals surface area contributed by atoms with E-state index in [1.165, 1.54) is 26.4 Å². The Morgan fingerprint density at radius 3 is 2.38 bits per heavy atom. The first-order chi connectivity index (χ1) is 22.7. The zero-order chi connectivity index (χ0) is 33.7. The second kappa shape index (κ2) is 15.3. The van der Waals surface area contributed by atoms with Crippen LogP contribution in [0.3, 0.4) is 0 Å². The molecule has 47 heavy (non-hydrogen) atoms. The number of nitrogens with zero attached hydrogens (tertiary/aromatic N) is 5. The minimum atomic E-state index is -0.346. The van der Waals surface area contributed by atoms with Gasteiger partial charge in [-0.1, -0.05) is 36.4 Å². The molecule has 3 aromatic rings. The van der Waals surface area contributed by atoms with Gasteiger partial charge in [0.25, 0.3) is 5.56 Å². The highest BCUT2D eigenvalue weighted by molar-refractivity contribution is 6.41. The molecule has 1 N–H and O–H groups in total. The Morgan fingerprint density at radius 2 is 1.74 bits per heavy atom. The maximum atomic E-state index is 14.3. The van der Waals surface area contributed by atoms with Crippen LogP contribution in [-0.2, 0) is 20.9 Å². The van der Waals surface area contributed by atoms with Gasteiger partial charge in [-0.25, -0.2) is 4.98 Å². The molecule has 14 heteroatoms. The van der Waals surface area contributed by atoms with Gasteiger partial charge in [0.05, 0.1) is 49.1 Å². The van der Waals surface area contributed by atoms with E-state index in [-0.39, 0.29) is 50.4 Å². The number of allylic oxidation sites excluding steroid dienone is 1. The highest BCUT2D eigenvalue weighted by Gasteiger charge is 2.30. The number of pyridine rings is 1. The highest BCUT2D eigenvalue weighted by Crippen LogP contribution is 2.45. The van der Waals surface area contributed by atoms with Crippen LogP contribution in [0.2, 0.25) is 10.0 Å². The lowest BCUT2D eigenvalue weighted by molar-refractivity contribution is -0.127. The SMILES string of the molecule is C=CC(=O)CC1COCC1Nc1ncc2cc(-c3c(Cl)c(OC)cc(OC)c3Cl)c(=O)n(CCCN3CCN(C(=O)C=C)CC3)c2n1. The summed E-state index contributed by atoms with van der Waals surface area (Å²) < 4.78 is 18.2. The summed E-state index contributed by atoms with van der Waals surface area (Å²) in [5.74, 6) is 0.724. The van der Waals surface area contributed by atoms with Crippen molar-refractivity contribution in [2.75, 3.05) is 65.5 Å². The molecular formula is C33H38Cl2N6O6. The molecule has 0 spiro atoms. The van der Waals surface area contributed by atoms with Crippen molar-refractivity contribution < 1.29 is 23.8 Å². The van der Waals surface area contributed by atoms with Crippen LogP contribution in [0.4, 0.5) is 5.95 Å². The number of ketones is 1. The van der Waals surface area contributed by atoms with E-state index < -0.39 is 0 Å². The number of aromatic nitrogens is 3. The Bertz CT molecular complexity index is 1710. The minimum absolute atomic E-state index is 0.0617. The Labute approximate surface area is 282 Å². The van der Waals surface area contributed by atoms with Gasteiger partial charge in [-0.05, 0) is 31.2 Å². The summed E-state index contributed by atoms with van der Waals surface area (Å²) in [6.45, 7) is 11.7. The summed E-state index contributed by atoms with van der Waals surface area (Å²) in [7, 11) is 2.94. The smallest absolute Gasteiger partial charge is 0.260 e. The van der Waals surface area contributed by atoms with Crippen LogP contribution in [0.25, 0.3) is 22.2 Å². The molecule has 2 aliphatic rings. The van der Waals surface area contributed by atoms with Crippen LogP contribution in [0.5, 0.6) is 11.5 Å². The fourth-order valence-corrected chi connectivity index (χ4v) is 6.68. The van der Waals surface area contributed by atoms with Crippen molar-refractivity contribution in [3.63, 3.8) is 0 Å². The Hall–Kier alpha value is -3.97. The molecule has 0 aliphatic carbocycles. The van der Waals surface area contributed by atoms with Crippen molar-refractivity contribution in [2.45, 2.75) is 25.4 Å². The first kappa shape index (κ1) is 34.4. The Morgan fingerprint density at radius 1 is 1.04 bits per heavy atom. The van der Waals surface area contributed by atoms with Crippen molar-refractivity contribution in [1.82, 2.24) is 24.3 Å². The van der Waals surface area contributed by atoms with Gasteiger partial charge in [-0.3, -0.25) is 23.9 Å². The van der Waals surface area contributed by atoms with Gasteiger partial charge < -0.3 is 24.4 Å². The van der Waals surface area contributed by atoms with Crippen LogP contribution >= 0.6 is 23.2 Å². The van der Waals surface area contributed by atoms with Gasteiger partial charge in [-0.15, -0.1) is 0 Å². The molecule has 2 atom stereocenters. The second-order valence-corrected chi connectivity index (χ2v) is 12.2. The molecule has 0 radical (unpaired) electrons. The quantitative estimate of drug-likeness (QED) is 0.263. The average molecular weight is 686 g/mol. The minimum Gasteiger partial charge on any atom is -0.495 e. The maximum Gasteiger partial charge on any atom is 0.260 e. The van der Waals surface area contributed by atoms with Crippen LogP contribution in [-0.4, -0.2) is 102 Å². The first-order valence-electron chi connectivity index (χ1n) is 15.3. The van der Waals surface area contributed by atoms with Crippen LogP contribution < -0.4 is 20.3 Å². The molecule has 2 saturated heterocycles. The summed E-state index contributed by atoms with van der Waals surface area (Å²) in [4.78, 5) is 51.7. The number of amides is 1. The number of hydrogen-bond donors (Lipinski definition) is 1.